The average molecular weight is 1030 g/mol. The number of rotatable bonds is 2. The minimum absolute atomic E-state index is 0.678. The molecule has 6 aromatic heterocycles. The summed E-state index contributed by atoms with van der Waals surface area (Å²) in [6.07, 6.45) is 4.06. The van der Waals surface area contributed by atoms with Gasteiger partial charge in [0.15, 0.2) is 8.07 Å². The first kappa shape index (κ1) is 41.9. The Morgan fingerprint density at radius 2 is 0.584 bits per heavy atom. The third-order valence-electron chi connectivity index (χ3n) is 16.7. The molecule has 0 unspecified atom stereocenters. The topological polar surface area (TPSA) is 61.4 Å². The molecule has 0 saturated carbocycles. The molecule has 16 aromatic rings. The van der Waals surface area contributed by atoms with Crippen LogP contribution in [0.15, 0.2) is 231 Å². The van der Waals surface area contributed by atoms with E-state index in [1.54, 1.807) is 22.7 Å². The smallest absolute Gasteiger partial charge is 0.235 e. The summed E-state index contributed by atoms with van der Waals surface area (Å²) in [5.74, 6) is 1.36. The SMILES string of the molecule is c1ccc2c(c1)-c1cc3sc4cnc(-n5c6ccccc6c6ccccc65)nc4c3cc1-c1ccccc1[Si]21c2ccccc2-c2cc3sc4cnc(-n5c6ccccc6c6ccccc65)nc4c3cc2-c2ccccc21. The first-order chi connectivity index (χ1) is 38.2. The first-order valence-corrected chi connectivity index (χ1v) is 29.7. The van der Waals surface area contributed by atoms with Gasteiger partial charge in [0, 0.05) is 41.7 Å². The Bertz CT molecular complexity index is 4840. The van der Waals surface area contributed by atoms with E-state index in [-0.39, 0.29) is 0 Å². The molecule has 1 spiro atoms. The second-order valence-electron chi connectivity index (χ2n) is 20.4. The molecule has 0 bridgehead atoms. The summed E-state index contributed by atoms with van der Waals surface area (Å²) < 4.78 is 8.99. The highest BCUT2D eigenvalue weighted by molar-refractivity contribution is 7.26. The lowest BCUT2D eigenvalue weighted by molar-refractivity contribution is 1.01. The van der Waals surface area contributed by atoms with Crippen molar-refractivity contribution in [3.63, 3.8) is 0 Å². The highest BCUT2D eigenvalue weighted by Gasteiger charge is 2.50. The van der Waals surface area contributed by atoms with E-state index in [9.17, 15) is 0 Å². The molecule has 0 amide bonds. The van der Waals surface area contributed by atoms with Crippen LogP contribution in [0.1, 0.15) is 0 Å². The van der Waals surface area contributed by atoms with E-state index in [1.807, 2.05) is 12.4 Å². The molecule has 0 fully saturated rings. The molecule has 10 aromatic carbocycles. The monoisotopic (exact) mass is 1030 g/mol. The van der Waals surface area contributed by atoms with Crippen LogP contribution in [0.25, 0.3) is 141 Å². The Kier molecular flexibility index (Phi) is 8.36. The standard InChI is InChI=1S/C68H38N6S2Si/c1-9-25-53-39(17-1)40-18-2-10-26-54(40)73(53)67-69-37-59-65(71-67)51-33-47-43-21-5-13-29-61(43)77(63-31-15-7-23-45(63)49(47)35-57(51)75-59)62-30-14-6-22-44(62)48-34-52-58(36-50(48)46-24-8-16-32-64(46)77)76-60-38-70-68(72-66(52)60)74-55-27-11-3-19-41(55)42-20-4-12-28-56(42)74/h1-38H. The number of hydrogen-bond acceptors (Lipinski definition) is 6. The first-order valence-electron chi connectivity index (χ1n) is 26.0. The van der Waals surface area contributed by atoms with E-state index in [0.717, 1.165) is 53.3 Å². The van der Waals surface area contributed by atoms with Crippen molar-refractivity contribution < 1.29 is 0 Å². The highest BCUT2D eigenvalue weighted by atomic mass is 32.1. The number of hydrogen-bond donors (Lipinski definition) is 0. The molecule has 0 atom stereocenters. The Hall–Kier alpha value is -9.38. The van der Waals surface area contributed by atoms with Gasteiger partial charge < -0.3 is 0 Å². The Morgan fingerprint density at radius 1 is 0.286 bits per heavy atom. The minimum atomic E-state index is -3.21. The lowest BCUT2D eigenvalue weighted by atomic mass is 9.93. The molecule has 8 heterocycles. The zero-order valence-corrected chi connectivity index (χ0v) is 43.6. The fourth-order valence-corrected chi connectivity index (χ4v) is 21.3. The molecule has 0 N–H and O–H groups in total. The van der Waals surface area contributed by atoms with Gasteiger partial charge >= 0.3 is 0 Å². The number of para-hydroxylation sites is 4. The summed E-state index contributed by atoms with van der Waals surface area (Å²) in [5.41, 5.74) is 16.4. The van der Waals surface area contributed by atoms with Crippen LogP contribution in [0, 0.1) is 0 Å². The molecule has 0 radical (unpaired) electrons. The van der Waals surface area contributed by atoms with Crippen molar-refractivity contribution in [2.45, 2.75) is 0 Å². The largest absolute Gasteiger partial charge is 0.278 e. The Balaban J connectivity index is 0.884. The van der Waals surface area contributed by atoms with E-state index >= 15 is 0 Å². The van der Waals surface area contributed by atoms with E-state index < -0.39 is 8.07 Å². The number of aromatic nitrogens is 6. The van der Waals surface area contributed by atoms with Crippen molar-refractivity contribution in [3.8, 4) is 56.4 Å². The maximum atomic E-state index is 5.50. The lowest BCUT2D eigenvalue weighted by Crippen LogP contribution is -2.75. The second-order valence-corrected chi connectivity index (χ2v) is 26.3. The molecule has 6 nitrogen and oxygen atoms in total. The maximum Gasteiger partial charge on any atom is 0.235 e. The van der Waals surface area contributed by atoms with Gasteiger partial charge in [0.05, 0.1) is 54.9 Å². The molecule has 9 heteroatoms. The zero-order chi connectivity index (χ0) is 50.1. The van der Waals surface area contributed by atoms with Gasteiger partial charge in [-0.05, 0) is 114 Å². The number of nitrogens with zero attached hydrogens (tertiary/aromatic N) is 6. The summed E-state index contributed by atoms with van der Waals surface area (Å²) in [6.45, 7) is 0. The van der Waals surface area contributed by atoms with Gasteiger partial charge in [-0.15, -0.1) is 22.7 Å². The van der Waals surface area contributed by atoms with Crippen molar-refractivity contribution in [2.75, 3.05) is 0 Å². The molecule has 0 saturated heterocycles. The Morgan fingerprint density at radius 3 is 0.935 bits per heavy atom. The van der Waals surface area contributed by atoms with Crippen LogP contribution in [0.4, 0.5) is 0 Å². The van der Waals surface area contributed by atoms with Crippen LogP contribution in [-0.2, 0) is 0 Å². The maximum absolute atomic E-state index is 5.50. The van der Waals surface area contributed by atoms with E-state index in [4.69, 9.17) is 19.9 Å². The van der Waals surface area contributed by atoms with Gasteiger partial charge in [-0.1, -0.05) is 170 Å². The lowest BCUT2D eigenvalue weighted by Gasteiger charge is -2.37. The van der Waals surface area contributed by atoms with Crippen LogP contribution < -0.4 is 20.7 Å². The molecule has 356 valence electrons. The Labute approximate surface area is 449 Å². The summed E-state index contributed by atoms with van der Waals surface area (Å²) >= 11 is 3.56. The zero-order valence-electron chi connectivity index (χ0n) is 40.9. The van der Waals surface area contributed by atoms with Gasteiger partial charge in [-0.25, -0.2) is 19.9 Å². The number of benzene rings is 10. The summed E-state index contributed by atoms with van der Waals surface area (Å²) in [7, 11) is -3.21. The predicted octanol–water partition coefficient (Wildman–Crippen LogP) is 14.9. The van der Waals surface area contributed by atoms with Gasteiger partial charge in [-0.3, -0.25) is 9.13 Å². The van der Waals surface area contributed by atoms with Crippen molar-refractivity contribution in [1.82, 2.24) is 29.1 Å². The second kappa shape index (κ2) is 15.4. The van der Waals surface area contributed by atoms with Crippen molar-refractivity contribution in [1.29, 1.82) is 0 Å². The predicted molar refractivity (Wildman–Crippen MR) is 325 cm³/mol. The fraction of sp³-hybridized carbons (Fsp3) is 0. The van der Waals surface area contributed by atoms with Crippen molar-refractivity contribution in [3.05, 3.63) is 231 Å². The molecule has 2 aliphatic rings. The molecular formula is C68H38N6S2Si. The normalized spacial score (nSPS) is 13.3. The van der Waals surface area contributed by atoms with Crippen LogP contribution in [-0.4, -0.2) is 37.1 Å². The van der Waals surface area contributed by atoms with Gasteiger partial charge in [0.2, 0.25) is 11.9 Å². The third-order valence-corrected chi connectivity index (χ3v) is 23.8. The van der Waals surface area contributed by atoms with Gasteiger partial charge in [0.1, 0.15) is 0 Å². The minimum Gasteiger partial charge on any atom is -0.278 e. The quantitative estimate of drug-likeness (QED) is 0.162. The summed E-state index contributed by atoms with van der Waals surface area (Å²) in [4.78, 5) is 21.2. The highest BCUT2D eigenvalue weighted by Crippen LogP contribution is 2.47. The van der Waals surface area contributed by atoms with E-state index in [2.05, 4.69) is 228 Å². The molecule has 2 aliphatic heterocycles. The average Bonchev–Trinajstić information content (AvgIpc) is 4.41. The molecular weight excluding hydrogens is 993 g/mol. The van der Waals surface area contributed by atoms with Crippen molar-refractivity contribution >= 4 is 136 Å². The van der Waals surface area contributed by atoms with Crippen molar-refractivity contribution in [2.24, 2.45) is 0 Å². The van der Waals surface area contributed by atoms with E-state index in [0.29, 0.717) is 11.9 Å². The van der Waals surface area contributed by atoms with E-state index in [1.165, 1.54) is 96.2 Å². The van der Waals surface area contributed by atoms with Gasteiger partial charge in [0.25, 0.3) is 0 Å². The van der Waals surface area contributed by atoms with Crippen LogP contribution >= 0.6 is 22.7 Å². The van der Waals surface area contributed by atoms with Crippen LogP contribution in [0.2, 0.25) is 0 Å². The number of thiophene rings is 2. The van der Waals surface area contributed by atoms with Gasteiger partial charge in [-0.2, -0.15) is 0 Å². The molecule has 77 heavy (non-hydrogen) atoms. The number of fused-ring (bicyclic) bond motifs is 26. The fourth-order valence-electron chi connectivity index (χ4n) is 13.6. The third kappa shape index (κ3) is 5.51. The summed E-state index contributed by atoms with van der Waals surface area (Å²) in [5, 5.41) is 12.6. The molecule has 18 rings (SSSR count). The molecule has 0 aliphatic carbocycles. The van der Waals surface area contributed by atoms with Crippen LogP contribution in [0.3, 0.4) is 0 Å². The van der Waals surface area contributed by atoms with Crippen LogP contribution in [0.5, 0.6) is 0 Å². The summed E-state index contributed by atoms with van der Waals surface area (Å²) in [6, 6.07) is 81.5.